The molecule has 2 rings (SSSR count). The van der Waals surface area contributed by atoms with Crippen molar-refractivity contribution in [1.82, 2.24) is 15.2 Å². The van der Waals surface area contributed by atoms with E-state index in [4.69, 9.17) is 0 Å². The summed E-state index contributed by atoms with van der Waals surface area (Å²) in [6, 6.07) is -0.173. The van der Waals surface area contributed by atoms with Crippen molar-refractivity contribution in [2.24, 2.45) is 0 Å². The molecule has 0 aromatic carbocycles. The first-order valence-corrected chi connectivity index (χ1v) is 6.41. The van der Waals surface area contributed by atoms with Gasteiger partial charge in [0.2, 0.25) is 5.92 Å². The van der Waals surface area contributed by atoms with Gasteiger partial charge in [-0.3, -0.25) is 4.79 Å². The molecule has 1 heterocycles. The molecule has 106 valence electrons. The summed E-state index contributed by atoms with van der Waals surface area (Å²) in [7, 11) is 1.62. The maximum absolute atomic E-state index is 13.1. The van der Waals surface area contributed by atoms with E-state index in [2.05, 4.69) is 14.9 Å². The molecule has 0 spiro atoms. The lowest BCUT2D eigenvalue weighted by Crippen LogP contribution is -2.42. The van der Waals surface area contributed by atoms with Gasteiger partial charge < -0.3 is 4.90 Å². The van der Waals surface area contributed by atoms with E-state index in [1.165, 1.54) is 4.90 Å². The molecule has 1 amide bonds. The Labute approximate surface area is 109 Å². The molecule has 19 heavy (non-hydrogen) atoms. The Morgan fingerprint density at radius 2 is 2.05 bits per heavy atom. The number of amides is 1. The van der Waals surface area contributed by atoms with Crippen molar-refractivity contribution in [3.05, 3.63) is 11.4 Å². The molecule has 0 radical (unpaired) electrons. The van der Waals surface area contributed by atoms with Gasteiger partial charge in [0.1, 0.15) is 5.69 Å². The molecule has 7 heteroatoms. The quantitative estimate of drug-likeness (QED) is 0.847. The molecule has 0 unspecified atom stereocenters. The fraction of sp³-hybridized carbons (Fsp3) is 0.750. The molecule has 1 aromatic heterocycles. The van der Waals surface area contributed by atoms with Crippen molar-refractivity contribution in [2.75, 3.05) is 7.05 Å². The number of aryl methyl sites for hydroxylation is 1. The van der Waals surface area contributed by atoms with E-state index in [-0.39, 0.29) is 30.5 Å². The SMILES string of the molecule is CCc1nonc1C(=O)N(C)C1CCC(F)(F)CC1. The van der Waals surface area contributed by atoms with Crippen LogP contribution in [0.2, 0.25) is 0 Å². The zero-order valence-electron chi connectivity index (χ0n) is 11.0. The number of carbonyl (C=O) groups is 1. The first-order chi connectivity index (χ1) is 8.94. The third kappa shape index (κ3) is 2.90. The molecule has 0 aliphatic heterocycles. The average Bonchev–Trinajstić information content (AvgIpc) is 2.85. The second-order valence-corrected chi connectivity index (χ2v) is 4.92. The van der Waals surface area contributed by atoms with Crippen molar-refractivity contribution in [3.63, 3.8) is 0 Å². The van der Waals surface area contributed by atoms with Crippen molar-refractivity contribution >= 4 is 5.91 Å². The van der Waals surface area contributed by atoms with Gasteiger partial charge in [-0.15, -0.1) is 0 Å². The molecule has 1 aliphatic rings. The third-order valence-corrected chi connectivity index (χ3v) is 3.65. The topological polar surface area (TPSA) is 59.2 Å². The van der Waals surface area contributed by atoms with E-state index in [1.54, 1.807) is 7.05 Å². The number of hydrogen-bond acceptors (Lipinski definition) is 4. The Hall–Kier alpha value is -1.53. The van der Waals surface area contributed by atoms with Gasteiger partial charge in [-0.2, -0.15) is 0 Å². The van der Waals surface area contributed by atoms with Gasteiger partial charge >= 0.3 is 0 Å². The van der Waals surface area contributed by atoms with Gasteiger partial charge in [-0.05, 0) is 24.4 Å². The number of halogens is 2. The molecule has 1 aromatic rings. The van der Waals surface area contributed by atoms with E-state index in [0.29, 0.717) is 25.0 Å². The molecule has 0 atom stereocenters. The number of carbonyl (C=O) groups excluding carboxylic acids is 1. The van der Waals surface area contributed by atoms with Crippen molar-refractivity contribution in [2.45, 2.75) is 51.0 Å². The standard InChI is InChI=1S/C12H17F2N3O2/c1-3-9-10(16-19-15-9)11(18)17(2)8-4-6-12(13,14)7-5-8/h8H,3-7H2,1-2H3. The minimum Gasteiger partial charge on any atom is -0.337 e. The lowest BCUT2D eigenvalue weighted by atomic mass is 9.91. The van der Waals surface area contributed by atoms with E-state index in [0.717, 1.165) is 0 Å². The van der Waals surface area contributed by atoms with E-state index >= 15 is 0 Å². The maximum atomic E-state index is 13.1. The second-order valence-electron chi connectivity index (χ2n) is 4.92. The highest BCUT2D eigenvalue weighted by Gasteiger charge is 2.38. The summed E-state index contributed by atoms with van der Waals surface area (Å²) in [6.45, 7) is 1.84. The number of hydrogen-bond donors (Lipinski definition) is 0. The number of aromatic nitrogens is 2. The van der Waals surface area contributed by atoms with Crippen LogP contribution in [0.15, 0.2) is 4.63 Å². The van der Waals surface area contributed by atoms with Crippen LogP contribution in [0.5, 0.6) is 0 Å². The van der Waals surface area contributed by atoms with Crippen LogP contribution in [0.3, 0.4) is 0 Å². The number of nitrogens with zero attached hydrogens (tertiary/aromatic N) is 3. The predicted molar refractivity (Wildman–Crippen MR) is 63.0 cm³/mol. The monoisotopic (exact) mass is 273 g/mol. The van der Waals surface area contributed by atoms with Crippen LogP contribution in [0.1, 0.15) is 48.8 Å². The van der Waals surface area contributed by atoms with E-state index < -0.39 is 5.92 Å². The Bertz CT molecular complexity index is 452. The summed E-state index contributed by atoms with van der Waals surface area (Å²) >= 11 is 0. The Balaban J connectivity index is 2.04. The van der Waals surface area contributed by atoms with Crippen LogP contribution in [-0.2, 0) is 6.42 Å². The van der Waals surface area contributed by atoms with E-state index in [1.807, 2.05) is 6.92 Å². The molecule has 0 bridgehead atoms. The highest BCUT2D eigenvalue weighted by atomic mass is 19.3. The van der Waals surface area contributed by atoms with Gasteiger partial charge in [0, 0.05) is 25.9 Å². The summed E-state index contributed by atoms with van der Waals surface area (Å²) in [4.78, 5) is 13.7. The first kappa shape index (κ1) is 13.9. The van der Waals surface area contributed by atoms with Gasteiger partial charge in [-0.1, -0.05) is 12.1 Å². The van der Waals surface area contributed by atoms with Crippen LogP contribution in [0.25, 0.3) is 0 Å². The number of alkyl halides is 2. The fourth-order valence-electron chi connectivity index (χ4n) is 2.35. The van der Waals surface area contributed by atoms with Gasteiger partial charge in [0.05, 0.1) is 0 Å². The number of rotatable bonds is 3. The van der Waals surface area contributed by atoms with Crippen molar-refractivity contribution in [3.8, 4) is 0 Å². The largest absolute Gasteiger partial charge is 0.337 e. The lowest BCUT2D eigenvalue weighted by molar-refractivity contribution is -0.0491. The summed E-state index contributed by atoms with van der Waals surface area (Å²) < 4.78 is 30.7. The fourth-order valence-corrected chi connectivity index (χ4v) is 2.35. The highest BCUT2D eigenvalue weighted by molar-refractivity contribution is 5.93. The van der Waals surface area contributed by atoms with Gasteiger partial charge in [0.15, 0.2) is 5.69 Å². The van der Waals surface area contributed by atoms with Crippen LogP contribution >= 0.6 is 0 Å². The van der Waals surface area contributed by atoms with Crippen molar-refractivity contribution < 1.29 is 18.2 Å². The second kappa shape index (κ2) is 5.22. The molecule has 1 saturated carbocycles. The Kier molecular flexibility index (Phi) is 3.82. The molecule has 0 N–H and O–H groups in total. The molecule has 0 saturated heterocycles. The molecular formula is C12H17F2N3O2. The average molecular weight is 273 g/mol. The zero-order chi connectivity index (χ0) is 14.0. The third-order valence-electron chi connectivity index (χ3n) is 3.65. The lowest BCUT2D eigenvalue weighted by Gasteiger charge is -2.34. The predicted octanol–water partition coefficient (Wildman–Crippen LogP) is 2.28. The van der Waals surface area contributed by atoms with Gasteiger partial charge in [-0.25, -0.2) is 13.4 Å². The molecule has 1 fully saturated rings. The maximum Gasteiger partial charge on any atom is 0.278 e. The summed E-state index contributed by atoms with van der Waals surface area (Å²) in [5.74, 6) is -2.90. The minimum absolute atomic E-state index is 0.173. The summed E-state index contributed by atoms with van der Waals surface area (Å²) in [5, 5.41) is 7.26. The molecular weight excluding hydrogens is 256 g/mol. The zero-order valence-corrected chi connectivity index (χ0v) is 11.0. The molecule has 1 aliphatic carbocycles. The van der Waals surface area contributed by atoms with Crippen LogP contribution in [-0.4, -0.2) is 40.1 Å². The Morgan fingerprint density at radius 3 is 2.63 bits per heavy atom. The normalized spacial score (nSPS) is 19.4. The van der Waals surface area contributed by atoms with Crippen molar-refractivity contribution in [1.29, 1.82) is 0 Å². The van der Waals surface area contributed by atoms with Gasteiger partial charge in [0.25, 0.3) is 5.91 Å². The van der Waals surface area contributed by atoms with Crippen LogP contribution in [0, 0.1) is 0 Å². The molecule has 5 nitrogen and oxygen atoms in total. The highest BCUT2D eigenvalue weighted by Crippen LogP contribution is 2.35. The first-order valence-electron chi connectivity index (χ1n) is 6.41. The van der Waals surface area contributed by atoms with E-state index in [9.17, 15) is 13.6 Å². The van der Waals surface area contributed by atoms with Crippen LogP contribution < -0.4 is 0 Å². The van der Waals surface area contributed by atoms with Crippen LogP contribution in [0.4, 0.5) is 8.78 Å². The smallest absolute Gasteiger partial charge is 0.278 e. The Morgan fingerprint density at radius 1 is 1.42 bits per heavy atom. The summed E-state index contributed by atoms with van der Waals surface area (Å²) in [5.41, 5.74) is 0.681. The summed E-state index contributed by atoms with van der Waals surface area (Å²) in [6.07, 6.45) is 0.811. The minimum atomic E-state index is -2.59.